The smallest absolute Gasteiger partial charge is 0.131 e. The Morgan fingerprint density at radius 3 is 2.33 bits per heavy atom. The van der Waals surface area contributed by atoms with Gasteiger partial charge in [-0.25, -0.2) is 4.99 Å². The van der Waals surface area contributed by atoms with Crippen LogP contribution in [0.3, 0.4) is 0 Å². The van der Waals surface area contributed by atoms with Gasteiger partial charge in [0.1, 0.15) is 5.84 Å². The van der Waals surface area contributed by atoms with Gasteiger partial charge in [0.2, 0.25) is 0 Å². The van der Waals surface area contributed by atoms with Gasteiger partial charge in [-0.15, -0.1) is 0 Å². The van der Waals surface area contributed by atoms with Crippen molar-refractivity contribution in [1.82, 2.24) is 4.90 Å². The summed E-state index contributed by atoms with van der Waals surface area (Å²) in [4.78, 5) is 6.88. The summed E-state index contributed by atoms with van der Waals surface area (Å²) in [6.45, 7) is 15.5. The van der Waals surface area contributed by atoms with Gasteiger partial charge in [0.05, 0.1) is 0 Å². The van der Waals surface area contributed by atoms with E-state index in [1.54, 1.807) is 0 Å². The third-order valence-corrected chi connectivity index (χ3v) is 3.42. The van der Waals surface area contributed by atoms with Crippen LogP contribution >= 0.6 is 0 Å². The first-order chi connectivity index (χ1) is 9.97. The fraction of sp³-hybridized carbons (Fsp3) is 0.500. The predicted octanol–water partition coefficient (Wildman–Crippen LogP) is 3.64. The van der Waals surface area contributed by atoms with Crippen LogP contribution in [-0.4, -0.2) is 30.4 Å². The first-order valence-electron chi connectivity index (χ1n) is 7.79. The lowest BCUT2D eigenvalue weighted by Crippen LogP contribution is -2.28. The van der Waals surface area contributed by atoms with E-state index in [0.29, 0.717) is 5.84 Å². The molecule has 0 aliphatic carbocycles. The highest BCUT2D eigenvalue weighted by Gasteiger charge is 2.07. The zero-order valence-corrected chi connectivity index (χ0v) is 13.9. The molecule has 0 heterocycles. The second-order valence-electron chi connectivity index (χ2n) is 5.66. The second-order valence-corrected chi connectivity index (χ2v) is 5.66. The molecule has 0 amide bonds. The third kappa shape index (κ3) is 5.72. The average Bonchev–Trinajstić information content (AvgIpc) is 2.38. The van der Waals surface area contributed by atoms with Crippen LogP contribution in [0.25, 0.3) is 0 Å². The van der Waals surface area contributed by atoms with Crippen LogP contribution in [0, 0.1) is 13.8 Å². The highest BCUT2D eigenvalue weighted by atomic mass is 15.1. The molecule has 0 saturated carbocycles. The van der Waals surface area contributed by atoms with Gasteiger partial charge < -0.3 is 5.73 Å². The molecule has 1 aromatic rings. The molecular weight excluding hydrogens is 258 g/mol. The highest BCUT2D eigenvalue weighted by molar-refractivity contribution is 5.99. The topological polar surface area (TPSA) is 41.6 Å². The quantitative estimate of drug-likeness (QED) is 0.586. The Morgan fingerprint density at radius 2 is 1.81 bits per heavy atom. The molecule has 3 heteroatoms. The van der Waals surface area contributed by atoms with Crippen molar-refractivity contribution in [3.63, 3.8) is 0 Å². The van der Waals surface area contributed by atoms with E-state index in [-0.39, 0.29) is 0 Å². The molecule has 0 aromatic heterocycles. The Bertz CT molecular complexity index is 497. The number of nitrogens with zero attached hydrogens (tertiary/aromatic N) is 2. The van der Waals surface area contributed by atoms with E-state index < -0.39 is 0 Å². The molecule has 3 nitrogen and oxygen atoms in total. The summed E-state index contributed by atoms with van der Waals surface area (Å²) in [5, 5.41) is 0. The number of hydrogen-bond acceptors (Lipinski definition) is 2. The normalized spacial score (nSPS) is 12.0. The minimum absolute atomic E-state index is 0.561. The highest BCUT2D eigenvalue weighted by Crippen LogP contribution is 2.11. The van der Waals surface area contributed by atoms with E-state index in [2.05, 4.69) is 56.3 Å². The zero-order chi connectivity index (χ0) is 15.8. The molecule has 0 atom stereocenters. The van der Waals surface area contributed by atoms with Crippen molar-refractivity contribution in [2.75, 3.05) is 19.6 Å². The molecule has 0 bridgehead atoms. The number of hydrogen-bond donors (Lipinski definition) is 1. The molecule has 2 N–H and O–H groups in total. The zero-order valence-electron chi connectivity index (χ0n) is 13.9. The van der Waals surface area contributed by atoms with Crippen LogP contribution in [-0.2, 0) is 0 Å². The van der Waals surface area contributed by atoms with Gasteiger partial charge in [-0.05, 0) is 45.3 Å². The Balaban J connectivity index is 2.78. The van der Waals surface area contributed by atoms with E-state index in [1.165, 1.54) is 5.56 Å². The first-order valence-corrected chi connectivity index (χ1v) is 7.79. The van der Waals surface area contributed by atoms with E-state index >= 15 is 0 Å². The summed E-state index contributed by atoms with van der Waals surface area (Å²) in [5.41, 5.74) is 10.4. The summed E-state index contributed by atoms with van der Waals surface area (Å²) < 4.78 is 0. The van der Waals surface area contributed by atoms with Crippen molar-refractivity contribution in [2.45, 2.75) is 40.5 Å². The molecule has 21 heavy (non-hydrogen) atoms. The Hall–Kier alpha value is -1.61. The summed E-state index contributed by atoms with van der Waals surface area (Å²) in [6, 6.07) is 6.22. The molecule has 0 radical (unpaired) electrons. The van der Waals surface area contributed by atoms with Crippen molar-refractivity contribution in [3.8, 4) is 0 Å². The summed E-state index contributed by atoms with van der Waals surface area (Å²) in [5.74, 6) is 0.561. The number of amidine groups is 1. The van der Waals surface area contributed by atoms with Crippen molar-refractivity contribution < 1.29 is 0 Å². The molecule has 1 rings (SSSR count). The summed E-state index contributed by atoms with van der Waals surface area (Å²) in [6.07, 6.45) is 2.28. The Morgan fingerprint density at radius 1 is 1.19 bits per heavy atom. The van der Waals surface area contributed by atoms with Crippen LogP contribution in [0.4, 0.5) is 0 Å². The number of aryl methyl sites for hydroxylation is 2. The SMILES string of the molecule is C=C(CN(CCC)CCC)N=C(N)c1ccc(C)cc1C. The van der Waals surface area contributed by atoms with Gasteiger partial charge in [0.15, 0.2) is 0 Å². The minimum Gasteiger partial charge on any atom is -0.383 e. The van der Waals surface area contributed by atoms with Crippen LogP contribution < -0.4 is 5.73 Å². The van der Waals surface area contributed by atoms with E-state index in [4.69, 9.17) is 5.73 Å². The fourth-order valence-corrected chi connectivity index (χ4v) is 2.53. The molecular formula is C18H29N3. The maximum absolute atomic E-state index is 6.14. The molecule has 0 saturated heterocycles. The molecule has 0 unspecified atom stereocenters. The lowest BCUT2D eigenvalue weighted by Gasteiger charge is -2.20. The van der Waals surface area contributed by atoms with Crippen LogP contribution in [0.2, 0.25) is 0 Å². The van der Waals surface area contributed by atoms with Crippen molar-refractivity contribution in [1.29, 1.82) is 0 Å². The molecule has 0 aliphatic rings. The second kappa shape index (κ2) is 8.63. The summed E-state index contributed by atoms with van der Waals surface area (Å²) >= 11 is 0. The van der Waals surface area contributed by atoms with Gasteiger partial charge in [0.25, 0.3) is 0 Å². The van der Waals surface area contributed by atoms with E-state index in [1.807, 2.05) is 6.07 Å². The third-order valence-electron chi connectivity index (χ3n) is 3.42. The lowest BCUT2D eigenvalue weighted by molar-refractivity contribution is 0.297. The molecule has 0 fully saturated rings. The van der Waals surface area contributed by atoms with Crippen LogP contribution in [0.5, 0.6) is 0 Å². The largest absolute Gasteiger partial charge is 0.383 e. The van der Waals surface area contributed by atoms with Crippen molar-refractivity contribution in [2.24, 2.45) is 10.7 Å². The van der Waals surface area contributed by atoms with Gasteiger partial charge in [-0.2, -0.15) is 0 Å². The minimum atomic E-state index is 0.561. The maximum Gasteiger partial charge on any atom is 0.131 e. The average molecular weight is 287 g/mol. The van der Waals surface area contributed by atoms with Gasteiger partial charge in [0, 0.05) is 17.8 Å². The van der Waals surface area contributed by atoms with Crippen LogP contribution in [0.1, 0.15) is 43.4 Å². The van der Waals surface area contributed by atoms with Crippen molar-refractivity contribution in [3.05, 3.63) is 47.2 Å². The maximum atomic E-state index is 6.14. The van der Waals surface area contributed by atoms with E-state index in [0.717, 1.165) is 49.3 Å². The van der Waals surface area contributed by atoms with E-state index in [9.17, 15) is 0 Å². The Kier molecular flexibility index (Phi) is 7.17. The number of benzene rings is 1. The van der Waals surface area contributed by atoms with Gasteiger partial charge in [-0.1, -0.05) is 44.2 Å². The lowest BCUT2D eigenvalue weighted by atomic mass is 10.1. The first kappa shape index (κ1) is 17.4. The van der Waals surface area contributed by atoms with Crippen molar-refractivity contribution >= 4 is 5.84 Å². The summed E-state index contributed by atoms with van der Waals surface area (Å²) in [7, 11) is 0. The monoisotopic (exact) mass is 287 g/mol. The number of nitrogens with two attached hydrogens (primary N) is 1. The standard InChI is InChI=1S/C18H29N3/c1-6-10-21(11-7-2)13-16(5)20-18(19)17-9-8-14(3)12-15(17)4/h8-9,12H,5-7,10-11,13H2,1-4H3,(H2,19,20). The predicted molar refractivity (Wildman–Crippen MR) is 92.8 cm³/mol. The fourth-order valence-electron chi connectivity index (χ4n) is 2.53. The molecule has 116 valence electrons. The molecule has 0 spiro atoms. The molecule has 1 aromatic carbocycles. The van der Waals surface area contributed by atoms with Crippen LogP contribution in [0.15, 0.2) is 35.5 Å². The number of aliphatic imine (C=N–C) groups is 1. The van der Waals surface area contributed by atoms with Gasteiger partial charge in [-0.3, -0.25) is 4.90 Å². The number of rotatable bonds is 8. The Labute approximate surface area is 129 Å². The van der Waals surface area contributed by atoms with Gasteiger partial charge >= 0.3 is 0 Å². The molecule has 0 aliphatic heterocycles.